The monoisotopic (exact) mass is 466 g/mol. The molecule has 176 valence electrons. The molecule has 2 N–H and O–H groups in total. The second-order valence-corrected chi connectivity index (χ2v) is 8.53. The molecule has 0 radical (unpaired) electrons. The van der Waals surface area contributed by atoms with Crippen molar-refractivity contribution in [1.82, 2.24) is 4.57 Å². The van der Waals surface area contributed by atoms with Gasteiger partial charge in [0.25, 0.3) is 0 Å². The summed E-state index contributed by atoms with van der Waals surface area (Å²) in [5.74, 6) is -1.06. The van der Waals surface area contributed by atoms with E-state index >= 15 is 0 Å². The van der Waals surface area contributed by atoms with Gasteiger partial charge in [0, 0.05) is 37.2 Å². The van der Waals surface area contributed by atoms with Crippen molar-refractivity contribution in [3.8, 4) is 11.1 Å². The topological polar surface area (TPSA) is 91.9 Å². The van der Waals surface area contributed by atoms with Gasteiger partial charge < -0.3 is 14.9 Å². The largest absolute Gasteiger partial charge is 0.478 e. The minimum Gasteiger partial charge on any atom is -0.478 e. The molecular weight excluding hydrogens is 440 g/mol. The van der Waals surface area contributed by atoms with E-state index in [1.54, 1.807) is 37.5 Å². The number of aromatic carboxylic acids is 1. The van der Waals surface area contributed by atoms with E-state index in [-0.39, 0.29) is 17.0 Å². The van der Waals surface area contributed by atoms with E-state index < -0.39 is 5.97 Å². The second-order valence-electron chi connectivity index (χ2n) is 8.53. The Morgan fingerprint density at radius 3 is 2.31 bits per heavy atom. The lowest BCUT2D eigenvalue weighted by atomic mass is 9.83. The number of hydrogen-bond donors (Lipinski definition) is 2. The number of rotatable bonds is 7. The second kappa shape index (κ2) is 10.2. The summed E-state index contributed by atoms with van der Waals surface area (Å²) >= 11 is 0. The zero-order valence-corrected chi connectivity index (χ0v) is 19.6. The fourth-order valence-electron chi connectivity index (χ4n) is 4.30. The lowest BCUT2D eigenvalue weighted by molar-refractivity contribution is 0.0697. The van der Waals surface area contributed by atoms with Gasteiger partial charge in [-0.2, -0.15) is 0 Å². The van der Waals surface area contributed by atoms with E-state index in [9.17, 15) is 19.9 Å². The first kappa shape index (κ1) is 23.7. The van der Waals surface area contributed by atoms with Gasteiger partial charge in [-0.3, -0.25) is 4.79 Å². The van der Waals surface area contributed by atoms with Crippen molar-refractivity contribution in [1.29, 1.82) is 0 Å². The van der Waals surface area contributed by atoms with Crippen LogP contribution in [0.4, 0.5) is 0 Å². The van der Waals surface area contributed by atoms with Crippen LogP contribution >= 0.6 is 0 Å². The maximum absolute atomic E-state index is 11.8. The van der Waals surface area contributed by atoms with Crippen LogP contribution in [0.3, 0.4) is 0 Å². The molecule has 1 aromatic heterocycles. The first-order valence-corrected chi connectivity index (χ1v) is 11.2. The smallest absolute Gasteiger partial charge is 0.335 e. The molecule has 0 aliphatic rings. The summed E-state index contributed by atoms with van der Waals surface area (Å²) in [6.45, 7) is 2.05. The molecular formula is C29H26N2O4. The number of benzene rings is 3. The van der Waals surface area contributed by atoms with Gasteiger partial charge in [0.05, 0.1) is 11.3 Å². The molecule has 6 nitrogen and oxygen atoms in total. The molecule has 1 atom stereocenters. The minimum atomic E-state index is -0.961. The number of carboxylic acid groups (broad SMARTS) is 1. The summed E-state index contributed by atoms with van der Waals surface area (Å²) in [5.41, 5.74) is 6.26. The Kier molecular flexibility index (Phi) is 6.92. The first-order valence-electron chi connectivity index (χ1n) is 11.2. The van der Waals surface area contributed by atoms with Gasteiger partial charge >= 0.3 is 5.97 Å². The molecule has 0 aliphatic heterocycles. The third-order valence-corrected chi connectivity index (χ3v) is 6.26. The number of carboxylic acids is 1. The first-order chi connectivity index (χ1) is 16.9. The number of aryl methyl sites for hydroxylation is 2. The van der Waals surface area contributed by atoms with Crippen LogP contribution in [0.5, 0.6) is 0 Å². The maximum atomic E-state index is 11.8. The molecule has 1 heterocycles. The van der Waals surface area contributed by atoms with E-state index in [4.69, 9.17) is 0 Å². The fourth-order valence-corrected chi connectivity index (χ4v) is 4.30. The molecule has 1 unspecified atom stereocenters. The van der Waals surface area contributed by atoms with Crippen LogP contribution in [0, 0.1) is 6.92 Å². The van der Waals surface area contributed by atoms with Gasteiger partial charge in [-0.1, -0.05) is 65.8 Å². The average Bonchev–Trinajstić information content (AvgIpc) is 2.87. The van der Waals surface area contributed by atoms with E-state index in [0.717, 1.165) is 27.8 Å². The number of oxime groups is 1. The van der Waals surface area contributed by atoms with Crippen LogP contribution < -0.4 is 5.56 Å². The summed E-state index contributed by atoms with van der Waals surface area (Å²) in [7, 11) is 1.66. The average molecular weight is 467 g/mol. The predicted octanol–water partition coefficient (Wildman–Crippen LogP) is 5.46. The molecule has 0 fully saturated rings. The lowest BCUT2D eigenvalue weighted by Gasteiger charge is -2.21. The highest BCUT2D eigenvalue weighted by molar-refractivity contribution is 6.00. The van der Waals surface area contributed by atoms with Crippen LogP contribution in [0.15, 0.2) is 101 Å². The molecule has 35 heavy (non-hydrogen) atoms. The third kappa shape index (κ3) is 5.22. The van der Waals surface area contributed by atoms with Crippen molar-refractivity contribution in [2.45, 2.75) is 19.3 Å². The van der Waals surface area contributed by atoms with Crippen LogP contribution in [-0.4, -0.2) is 26.6 Å². The highest BCUT2D eigenvalue weighted by Crippen LogP contribution is 2.33. The van der Waals surface area contributed by atoms with E-state index in [1.165, 1.54) is 10.6 Å². The van der Waals surface area contributed by atoms with Gasteiger partial charge in [-0.05, 0) is 52.9 Å². The Balaban J connectivity index is 1.73. The van der Waals surface area contributed by atoms with Crippen molar-refractivity contribution in [3.05, 3.63) is 129 Å². The molecule has 0 saturated heterocycles. The number of pyridine rings is 1. The fraction of sp³-hybridized carbons (Fsp3) is 0.138. The summed E-state index contributed by atoms with van der Waals surface area (Å²) in [6, 6.07) is 26.1. The molecule has 0 amide bonds. The Hall–Kier alpha value is -4.45. The lowest BCUT2D eigenvalue weighted by Crippen LogP contribution is -2.18. The highest BCUT2D eigenvalue weighted by Gasteiger charge is 2.21. The van der Waals surface area contributed by atoms with Crippen molar-refractivity contribution >= 4 is 11.7 Å². The van der Waals surface area contributed by atoms with E-state index in [0.29, 0.717) is 17.7 Å². The quantitative estimate of drug-likeness (QED) is 0.215. The maximum Gasteiger partial charge on any atom is 0.335 e. The summed E-state index contributed by atoms with van der Waals surface area (Å²) in [5, 5.41) is 22.8. The molecule has 0 saturated carbocycles. The molecule has 3 aromatic carbocycles. The van der Waals surface area contributed by atoms with Crippen molar-refractivity contribution in [2.24, 2.45) is 12.2 Å². The number of carbonyl (C=O) groups is 1. The van der Waals surface area contributed by atoms with E-state index in [2.05, 4.69) is 24.2 Å². The van der Waals surface area contributed by atoms with E-state index in [1.807, 2.05) is 42.5 Å². The van der Waals surface area contributed by atoms with Gasteiger partial charge in [0.2, 0.25) is 5.56 Å². The number of nitrogens with zero attached hydrogens (tertiary/aromatic N) is 2. The summed E-state index contributed by atoms with van der Waals surface area (Å²) in [4.78, 5) is 23.2. The Labute approximate surface area is 203 Å². The van der Waals surface area contributed by atoms with Gasteiger partial charge in [0.1, 0.15) is 0 Å². The van der Waals surface area contributed by atoms with Gasteiger partial charge in [-0.15, -0.1) is 0 Å². The SMILES string of the molecule is Cc1ccccc1C(CC(=NO)c1ccc(=O)n(C)c1)c1ccc(-c2cccc(C(=O)O)c2)cc1. The molecule has 4 rings (SSSR count). The minimum absolute atomic E-state index is 0.0984. The molecule has 0 aliphatic carbocycles. The zero-order chi connectivity index (χ0) is 24.9. The normalized spacial score (nSPS) is 12.3. The molecule has 0 spiro atoms. The standard InChI is InChI=1S/C29H26N2O4/c1-19-6-3-4-9-25(19)26(17-27(30-35)24-14-15-28(32)31(2)18-24)21-12-10-20(11-13-21)22-7-5-8-23(16-22)29(33)34/h3-16,18,26,35H,17H2,1-2H3,(H,33,34). The number of hydrogen-bond acceptors (Lipinski definition) is 4. The Bertz CT molecular complexity index is 1450. The molecule has 4 aromatic rings. The predicted molar refractivity (Wildman–Crippen MR) is 136 cm³/mol. The van der Waals surface area contributed by atoms with Gasteiger partial charge in [-0.25, -0.2) is 4.79 Å². The zero-order valence-electron chi connectivity index (χ0n) is 19.6. The van der Waals surface area contributed by atoms with Crippen molar-refractivity contribution in [3.63, 3.8) is 0 Å². The Morgan fingerprint density at radius 1 is 0.914 bits per heavy atom. The molecule has 6 heteroatoms. The summed E-state index contributed by atoms with van der Waals surface area (Å²) in [6.07, 6.45) is 2.10. The van der Waals surface area contributed by atoms with Crippen LogP contribution in [0.1, 0.15) is 45.0 Å². The van der Waals surface area contributed by atoms with Crippen LogP contribution in [0.2, 0.25) is 0 Å². The molecule has 0 bridgehead atoms. The van der Waals surface area contributed by atoms with Crippen LogP contribution in [-0.2, 0) is 7.05 Å². The van der Waals surface area contributed by atoms with Crippen molar-refractivity contribution < 1.29 is 15.1 Å². The Morgan fingerprint density at radius 2 is 1.66 bits per heavy atom. The van der Waals surface area contributed by atoms with Crippen LogP contribution in [0.25, 0.3) is 11.1 Å². The number of aromatic nitrogens is 1. The highest BCUT2D eigenvalue weighted by atomic mass is 16.4. The summed E-state index contributed by atoms with van der Waals surface area (Å²) < 4.78 is 1.46. The van der Waals surface area contributed by atoms with Gasteiger partial charge in [0.15, 0.2) is 0 Å². The third-order valence-electron chi connectivity index (χ3n) is 6.26. The van der Waals surface area contributed by atoms with Crippen molar-refractivity contribution in [2.75, 3.05) is 0 Å².